The second-order valence-corrected chi connectivity index (χ2v) is 5.90. The Morgan fingerprint density at radius 3 is 2.33 bits per heavy atom. The quantitative estimate of drug-likeness (QED) is 0.454. The van der Waals surface area contributed by atoms with Crippen LogP contribution in [0, 0.1) is 0 Å². The predicted molar refractivity (Wildman–Crippen MR) is 89.4 cm³/mol. The van der Waals surface area contributed by atoms with Crippen molar-refractivity contribution in [2.75, 3.05) is 11.9 Å². The first-order chi connectivity index (χ1) is 11.4. The number of quaternary nitrogens is 1. The summed E-state index contributed by atoms with van der Waals surface area (Å²) in [6.45, 7) is 4.24. The number of aliphatic carboxylic acids is 1. The molecule has 1 aromatic rings. The summed E-state index contributed by atoms with van der Waals surface area (Å²) in [5.41, 5.74) is 1.09. The fourth-order valence-corrected chi connectivity index (χ4v) is 2.35. The van der Waals surface area contributed by atoms with Crippen molar-refractivity contribution in [3.8, 4) is 0 Å². The van der Waals surface area contributed by atoms with Gasteiger partial charge < -0.3 is 20.5 Å². The lowest BCUT2D eigenvalue weighted by Gasteiger charge is -2.16. The van der Waals surface area contributed by atoms with Gasteiger partial charge in [0, 0.05) is 11.3 Å². The molecule has 1 atom stereocenters. The number of amides is 1. The molecule has 0 aliphatic carbocycles. The van der Waals surface area contributed by atoms with E-state index in [2.05, 4.69) is 12.2 Å². The first kappa shape index (κ1) is 19.8. The number of hydrogen-bond acceptors (Lipinski definition) is 4. The van der Waals surface area contributed by atoms with Gasteiger partial charge in [0.15, 0.2) is 5.78 Å². The summed E-state index contributed by atoms with van der Waals surface area (Å²) in [6, 6.07) is 5.60. The molecule has 1 aromatic carbocycles. The summed E-state index contributed by atoms with van der Waals surface area (Å²) in [6.07, 6.45) is 4.08. The monoisotopic (exact) mass is 334 g/mol. The van der Waals surface area contributed by atoms with Gasteiger partial charge in [-0.1, -0.05) is 19.8 Å². The zero-order valence-electron chi connectivity index (χ0n) is 14.3. The average molecular weight is 334 g/mol. The number of unbranched alkanes of at least 4 members (excludes halogenated alkanes) is 3. The zero-order valence-corrected chi connectivity index (χ0v) is 14.3. The summed E-state index contributed by atoms with van der Waals surface area (Å²) >= 11 is 0. The average Bonchev–Trinajstić information content (AvgIpc) is 2.53. The third-order valence-electron chi connectivity index (χ3n) is 3.79. The number of benzene rings is 1. The minimum absolute atomic E-state index is 0.0532. The van der Waals surface area contributed by atoms with Gasteiger partial charge in [0.05, 0.1) is 18.9 Å². The van der Waals surface area contributed by atoms with Crippen LogP contribution in [0.25, 0.3) is 0 Å². The second kappa shape index (κ2) is 10.5. The maximum absolute atomic E-state index is 12.0. The van der Waals surface area contributed by atoms with Gasteiger partial charge in [0.1, 0.15) is 6.04 Å². The van der Waals surface area contributed by atoms with Gasteiger partial charge in [-0.15, -0.1) is 0 Å². The number of hydrogen-bond donors (Lipinski definition) is 2. The van der Waals surface area contributed by atoms with Gasteiger partial charge >= 0.3 is 0 Å². The Balaban J connectivity index is 2.46. The standard InChI is InChI=1S/C18H26N2O4/c1-3-4-5-6-11-19-16(18(23)24)12-17(22)20-15-9-7-14(8-10-15)13(2)21/h7-10,16,19H,3-6,11-12H2,1-2H3,(H,20,22)(H,23,24)/t16-/m1/s1. The molecule has 0 saturated heterocycles. The number of carbonyl (C=O) groups is 3. The van der Waals surface area contributed by atoms with Crippen molar-refractivity contribution >= 4 is 23.3 Å². The number of nitrogens with one attached hydrogen (secondary N) is 1. The van der Waals surface area contributed by atoms with Crippen molar-refractivity contribution in [2.24, 2.45) is 0 Å². The molecule has 6 heteroatoms. The van der Waals surface area contributed by atoms with Crippen LogP contribution in [0.15, 0.2) is 24.3 Å². The lowest BCUT2D eigenvalue weighted by Crippen LogP contribution is -2.93. The van der Waals surface area contributed by atoms with Crippen LogP contribution in [-0.4, -0.2) is 30.2 Å². The molecular weight excluding hydrogens is 308 g/mol. The maximum atomic E-state index is 12.0. The van der Waals surface area contributed by atoms with Crippen LogP contribution in [0.3, 0.4) is 0 Å². The Kier molecular flexibility index (Phi) is 8.71. The molecular formula is C18H26N2O4. The molecule has 0 fully saturated rings. The SMILES string of the molecule is CCCCCC[NH2+][C@H](CC(=O)Nc1ccc(C(C)=O)cc1)C(=O)[O-]. The Labute approximate surface area is 142 Å². The largest absolute Gasteiger partial charge is 0.544 e. The topological polar surface area (TPSA) is 103 Å². The molecule has 0 saturated carbocycles. The molecule has 1 amide bonds. The van der Waals surface area contributed by atoms with Gasteiger partial charge in [-0.25, -0.2) is 0 Å². The first-order valence-corrected chi connectivity index (χ1v) is 8.39. The Morgan fingerprint density at radius 2 is 1.79 bits per heavy atom. The molecule has 0 aromatic heterocycles. The molecule has 0 radical (unpaired) electrons. The number of anilines is 1. The lowest BCUT2D eigenvalue weighted by molar-refractivity contribution is -0.682. The van der Waals surface area contributed by atoms with E-state index in [1.165, 1.54) is 6.92 Å². The number of carbonyl (C=O) groups excluding carboxylic acids is 3. The van der Waals surface area contributed by atoms with Crippen molar-refractivity contribution < 1.29 is 24.8 Å². The highest BCUT2D eigenvalue weighted by Gasteiger charge is 2.18. The normalized spacial score (nSPS) is 11.8. The van der Waals surface area contributed by atoms with Gasteiger partial charge in [-0.05, 0) is 44.0 Å². The van der Waals surface area contributed by atoms with Crippen LogP contribution < -0.4 is 15.7 Å². The van der Waals surface area contributed by atoms with E-state index in [1.807, 2.05) is 0 Å². The third-order valence-corrected chi connectivity index (χ3v) is 3.79. The van der Waals surface area contributed by atoms with Crippen molar-refractivity contribution in [1.29, 1.82) is 0 Å². The zero-order chi connectivity index (χ0) is 17.9. The van der Waals surface area contributed by atoms with Crippen LogP contribution >= 0.6 is 0 Å². The molecule has 1 rings (SSSR count). The summed E-state index contributed by atoms with van der Waals surface area (Å²) in [5.74, 6) is -1.67. The van der Waals surface area contributed by atoms with Crippen molar-refractivity contribution in [3.63, 3.8) is 0 Å². The number of rotatable bonds is 11. The van der Waals surface area contributed by atoms with Gasteiger partial charge in [-0.3, -0.25) is 9.59 Å². The number of carboxylic acids is 1. The van der Waals surface area contributed by atoms with E-state index in [0.29, 0.717) is 17.8 Å². The fraction of sp³-hybridized carbons (Fsp3) is 0.500. The van der Waals surface area contributed by atoms with E-state index in [1.54, 1.807) is 29.6 Å². The van der Waals surface area contributed by atoms with Crippen molar-refractivity contribution in [2.45, 2.75) is 52.0 Å². The van der Waals surface area contributed by atoms with Crippen LogP contribution in [-0.2, 0) is 9.59 Å². The Hall–Kier alpha value is -2.21. The van der Waals surface area contributed by atoms with E-state index in [9.17, 15) is 19.5 Å². The molecule has 3 N–H and O–H groups in total. The van der Waals surface area contributed by atoms with Crippen molar-refractivity contribution in [1.82, 2.24) is 0 Å². The molecule has 0 spiro atoms. The van der Waals surface area contributed by atoms with E-state index in [4.69, 9.17) is 0 Å². The highest BCUT2D eigenvalue weighted by Crippen LogP contribution is 2.10. The Bertz CT molecular complexity index is 555. The van der Waals surface area contributed by atoms with Crippen LogP contribution in [0.1, 0.15) is 56.3 Å². The lowest BCUT2D eigenvalue weighted by atomic mass is 10.1. The molecule has 0 aliphatic heterocycles. The van der Waals surface area contributed by atoms with Crippen molar-refractivity contribution in [3.05, 3.63) is 29.8 Å². The molecule has 24 heavy (non-hydrogen) atoms. The summed E-state index contributed by atoms with van der Waals surface area (Å²) in [7, 11) is 0. The van der Waals surface area contributed by atoms with Gasteiger partial charge in [0.25, 0.3) is 0 Å². The highest BCUT2D eigenvalue weighted by atomic mass is 16.4. The number of nitrogens with two attached hydrogens (primary N) is 1. The minimum Gasteiger partial charge on any atom is -0.544 e. The molecule has 0 aliphatic rings. The molecule has 0 unspecified atom stereocenters. The second-order valence-electron chi connectivity index (χ2n) is 5.90. The molecule has 0 heterocycles. The fourth-order valence-electron chi connectivity index (χ4n) is 2.35. The van der Waals surface area contributed by atoms with E-state index in [0.717, 1.165) is 25.7 Å². The maximum Gasteiger partial charge on any atom is 0.230 e. The predicted octanol–water partition coefficient (Wildman–Crippen LogP) is 0.480. The third kappa shape index (κ3) is 7.37. The smallest absolute Gasteiger partial charge is 0.230 e. The van der Waals surface area contributed by atoms with Gasteiger partial charge in [0.2, 0.25) is 5.91 Å². The first-order valence-electron chi connectivity index (χ1n) is 8.39. The van der Waals surface area contributed by atoms with Gasteiger partial charge in [-0.2, -0.15) is 0 Å². The molecule has 0 bridgehead atoms. The Morgan fingerprint density at radius 1 is 1.12 bits per heavy atom. The summed E-state index contributed by atoms with van der Waals surface area (Å²) in [5, 5.41) is 15.5. The summed E-state index contributed by atoms with van der Waals surface area (Å²) < 4.78 is 0. The summed E-state index contributed by atoms with van der Waals surface area (Å²) in [4.78, 5) is 34.4. The molecule has 6 nitrogen and oxygen atoms in total. The van der Waals surface area contributed by atoms with E-state index in [-0.39, 0.29) is 18.1 Å². The number of carboxylic acid groups (broad SMARTS) is 1. The highest BCUT2D eigenvalue weighted by molar-refractivity contribution is 5.96. The van der Waals surface area contributed by atoms with Crippen LogP contribution in [0.5, 0.6) is 0 Å². The minimum atomic E-state index is -1.23. The van der Waals surface area contributed by atoms with E-state index < -0.39 is 12.0 Å². The van der Waals surface area contributed by atoms with Crippen LogP contribution in [0.2, 0.25) is 0 Å². The molecule has 132 valence electrons. The number of Topliss-reactive ketones (excluding diaryl/α,β-unsaturated/α-hetero) is 1. The van der Waals surface area contributed by atoms with E-state index >= 15 is 0 Å². The van der Waals surface area contributed by atoms with Crippen LogP contribution in [0.4, 0.5) is 5.69 Å². The number of ketones is 1.